The standard InChI is InChI=1S/2C25H35Si2.C12H9Si.2ClH.Zr/c2*1-17(2)20-12-19-11-10-18(3)25(24(19)15-20)21-13-22(26(4,5)6)16-23(14-21)27(7,8)9;1-3-7-11-9(5-1)10-6-2-4-8-12(10)13-11;;;/h2*10-17H,1-9H3;1-7H,13H2;2*1H;/q;;;;;+2/p-2. The van der Waals surface area contributed by atoms with Crippen molar-refractivity contribution in [2.45, 2.75) is 127 Å². The minimum absolute atomic E-state index is 0.128. The number of aryl methyl sites for hydroxylation is 2. The summed E-state index contributed by atoms with van der Waals surface area (Å²) in [5, 5.41) is 9.15. The molecule has 0 radical (unpaired) electrons. The Morgan fingerprint density at radius 3 is 1.24 bits per heavy atom. The van der Waals surface area contributed by atoms with Gasteiger partial charge in [-0.15, -0.1) is 0 Å². The monoisotopic (exact) mass is 1120 g/mol. The fourth-order valence-corrected chi connectivity index (χ4v) is 45.7. The Hall–Kier alpha value is -2.65. The molecule has 6 aromatic carbocycles. The first-order valence-electron chi connectivity index (χ1n) is 26.2. The van der Waals surface area contributed by atoms with E-state index in [1.165, 1.54) is 91.6 Å². The van der Waals surface area contributed by atoms with E-state index in [0.717, 1.165) is 0 Å². The third kappa shape index (κ3) is 8.70. The van der Waals surface area contributed by atoms with Crippen molar-refractivity contribution >= 4 is 105 Å². The third-order valence-corrected chi connectivity index (χ3v) is 47.2. The van der Waals surface area contributed by atoms with Gasteiger partial charge >= 0.3 is 442 Å². The van der Waals surface area contributed by atoms with Crippen LogP contribution in [0.2, 0.25) is 78.6 Å². The van der Waals surface area contributed by atoms with Gasteiger partial charge in [0.15, 0.2) is 0 Å². The van der Waals surface area contributed by atoms with Crippen LogP contribution >= 0.6 is 17.0 Å². The summed E-state index contributed by atoms with van der Waals surface area (Å²) < 4.78 is 1.06. The molecule has 365 valence electrons. The van der Waals surface area contributed by atoms with Crippen LogP contribution in [0.5, 0.6) is 0 Å². The SMILES string of the molecule is Cc1ccc2c(c1-c1cc([Si](C)(C)C)cc([Si](C)(C)C)c1)C=C(C(C)C)[CH]2[Zr]([Cl])([Cl])([c]1cccc2c1[SiH2]c1ccccc1-2)[CH]1C(C(C)C)=Cc2c1ccc(C)c2-c1cc([Si](C)(C)C)cc([Si](C)(C)C)c1. The molecule has 6 aromatic rings. The van der Waals surface area contributed by atoms with Crippen molar-refractivity contribution in [3.8, 4) is 33.4 Å². The van der Waals surface area contributed by atoms with Crippen molar-refractivity contribution in [2.75, 3.05) is 0 Å². The van der Waals surface area contributed by atoms with E-state index in [0.29, 0.717) is 0 Å². The summed E-state index contributed by atoms with van der Waals surface area (Å²) >= 11 is -5.81. The second kappa shape index (κ2) is 17.7. The summed E-state index contributed by atoms with van der Waals surface area (Å²) in [4.78, 5) is 0. The van der Waals surface area contributed by atoms with Gasteiger partial charge in [-0.05, 0) is 0 Å². The van der Waals surface area contributed by atoms with Gasteiger partial charge in [0.1, 0.15) is 0 Å². The number of benzene rings is 6. The molecule has 1 heterocycles. The summed E-state index contributed by atoms with van der Waals surface area (Å²) in [5.74, 6) is 0.469. The Morgan fingerprint density at radius 1 is 0.471 bits per heavy atom. The number of hydrogen-bond acceptors (Lipinski definition) is 0. The Morgan fingerprint density at radius 2 is 0.857 bits per heavy atom. The molecule has 0 aromatic heterocycles. The van der Waals surface area contributed by atoms with E-state index in [4.69, 9.17) is 0 Å². The molecule has 0 fully saturated rings. The minimum atomic E-state index is -5.81. The second-order valence-corrected chi connectivity index (χ2v) is 69.1. The molecule has 0 saturated carbocycles. The molecule has 3 aliphatic rings. The van der Waals surface area contributed by atoms with E-state index < -0.39 is 58.2 Å². The zero-order chi connectivity index (χ0) is 51.0. The van der Waals surface area contributed by atoms with Crippen molar-refractivity contribution in [2.24, 2.45) is 11.8 Å². The van der Waals surface area contributed by atoms with Gasteiger partial charge in [-0.2, -0.15) is 0 Å². The summed E-state index contributed by atoms with van der Waals surface area (Å²) in [6.45, 7) is 44.3. The quantitative estimate of drug-likeness (QED) is 0.113. The van der Waals surface area contributed by atoms with Gasteiger partial charge in [-0.1, -0.05) is 0 Å². The molecule has 0 amide bonds. The number of rotatable bonds is 11. The van der Waals surface area contributed by atoms with Crippen LogP contribution in [-0.4, -0.2) is 41.8 Å². The van der Waals surface area contributed by atoms with Crippen molar-refractivity contribution in [3.63, 3.8) is 0 Å². The number of allylic oxidation sites excluding steroid dienone is 2. The normalized spacial score (nSPS) is 17.9. The van der Waals surface area contributed by atoms with E-state index in [2.05, 4.69) is 235 Å². The summed E-state index contributed by atoms with van der Waals surface area (Å²) in [5.41, 5.74) is 19.0. The van der Waals surface area contributed by atoms with Gasteiger partial charge in [0.2, 0.25) is 0 Å². The predicted molar refractivity (Wildman–Crippen MR) is 327 cm³/mol. The fourth-order valence-electron chi connectivity index (χ4n) is 12.5. The first-order valence-corrected chi connectivity index (χ1v) is 52.0. The van der Waals surface area contributed by atoms with Gasteiger partial charge in [-0.25, -0.2) is 0 Å². The fraction of sp³-hybridized carbons (Fsp3) is 0.355. The van der Waals surface area contributed by atoms with Gasteiger partial charge in [0, 0.05) is 0 Å². The van der Waals surface area contributed by atoms with Crippen LogP contribution in [0.25, 0.3) is 45.5 Å². The number of fused-ring (bicyclic) bond motifs is 5. The molecule has 9 rings (SSSR count). The van der Waals surface area contributed by atoms with Gasteiger partial charge in [0.25, 0.3) is 0 Å². The van der Waals surface area contributed by atoms with Gasteiger partial charge in [-0.3, -0.25) is 0 Å². The van der Waals surface area contributed by atoms with Gasteiger partial charge < -0.3 is 0 Å². The molecule has 1 aliphatic heterocycles. The van der Waals surface area contributed by atoms with Crippen LogP contribution in [0.15, 0.2) is 114 Å². The summed E-state index contributed by atoms with van der Waals surface area (Å²) in [7, 11) is 11.7. The van der Waals surface area contributed by atoms with Crippen LogP contribution in [-0.2, 0) is 16.4 Å². The van der Waals surface area contributed by atoms with E-state index in [-0.39, 0.29) is 19.1 Å². The van der Waals surface area contributed by atoms with Crippen molar-refractivity contribution in [3.05, 3.63) is 148 Å². The maximum absolute atomic E-state index is 9.65. The average Bonchev–Trinajstić information content (AvgIpc) is 3.98. The van der Waals surface area contributed by atoms with E-state index in [9.17, 15) is 17.0 Å². The Labute approximate surface area is 437 Å². The zero-order valence-corrected chi connectivity index (χ0v) is 55.1. The number of hydrogen-bond donors (Lipinski definition) is 0. The van der Waals surface area contributed by atoms with Crippen LogP contribution < -0.4 is 34.4 Å². The van der Waals surface area contributed by atoms with Gasteiger partial charge in [0.05, 0.1) is 0 Å². The molecule has 2 atom stereocenters. The molecule has 2 aliphatic carbocycles. The molecule has 0 saturated heterocycles. The van der Waals surface area contributed by atoms with Crippen molar-refractivity contribution in [1.29, 1.82) is 0 Å². The van der Waals surface area contributed by atoms with Crippen LogP contribution in [0.1, 0.15) is 68.3 Å². The first kappa shape index (κ1) is 52.2. The van der Waals surface area contributed by atoms with Crippen LogP contribution in [0.3, 0.4) is 0 Å². The van der Waals surface area contributed by atoms with E-state index in [1.54, 1.807) is 20.7 Å². The van der Waals surface area contributed by atoms with Crippen LogP contribution in [0.4, 0.5) is 0 Å². The molecule has 8 heteroatoms. The number of halogens is 2. The topological polar surface area (TPSA) is 0 Å². The predicted octanol–water partition coefficient (Wildman–Crippen LogP) is 14.1. The Balaban J connectivity index is 1.39. The molecule has 0 nitrogen and oxygen atoms in total. The van der Waals surface area contributed by atoms with Crippen molar-refractivity contribution < 1.29 is 16.4 Å². The molecular formula is C62H79Cl2Si5Zr. The van der Waals surface area contributed by atoms with Crippen LogP contribution in [0, 0.1) is 25.7 Å². The zero-order valence-electron chi connectivity index (χ0n) is 45.7. The summed E-state index contributed by atoms with van der Waals surface area (Å²) in [6, 6.07) is 41.5. The van der Waals surface area contributed by atoms with E-state index >= 15 is 0 Å². The Bertz CT molecular complexity index is 2970. The molecule has 0 spiro atoms. The average molecular weight is 1130 g/mol. The summed E-state index contributed by atoms with van der Waals surface area (Å²) in [6.07, 6.45) is 5.20. The molecule has 2 unspecified atom stereocenters. The molecule has 0 N–H and O–H groups in total. The Kier molecular flexibility index (Phi) is 13.2. The van der Waals surface area contributed by atoms with Crippen molar-refractivity contribution in [1.82, 2.24) is 0 Å². The molecule has 70 heavy (non-hydrogen) atoms. The molecular weight excluding hydrogens is 1050 g/mol. The third-order valence-electron chi connectivity index (χ3n) is 16.6. The van der Waals surface area contributed by atoms with E-state index in [1.807, 2.05) is 0 Å². The maximum atomic E-state index is 9.65. The first-order chi connectivity index (χ1) is 32.4. The second-order valence-electron chi connectivity index (χ2n) is 26.4. The molecule has 0 bridgehead atoms.